The largest absolute Gasteiger partial charge is 0.396 e. The smallest absolute Gasteiger partial charge is 0.0433 e. The summed E-state index contributed by atoms with van der Waals surface area (Å²) in [5, 5.41) is 9.04. The molecule has 4 aliphatic carbocycles. The van der Waals surface area contributed by atoms with E-state index in [1.807, 2.05) is 5.92 Å². The summed E-state index contributed by atoms with van der Waals surface area (Å²) >= 11 is 0. The molecule has 0 heterocycles. The van der Waals surface area contributed by atoms with Gasteiger partial charge in [0.1, 0.15) is 0 Å². The Hall–Kier alpha value is -0.0400. The van der Waals surface area contributed by atoms with Gasteiger partial charge in [-0.25, -0.2) is 0 Å². The van der Waals surface area contributed by atoms with Gasteiger partial charge in [-0.15, -0.1) is 0 Å². The SMILES string of the molecule is OCCC1[C]2CC3CC(C2)CC1C3. The zero-order chi connectivity index (χ0) is 8.84. The van der Waals surface area contributed by atoms with Crippen molar-refractivity contribution in [3.63, 3.8) is 0 Å². The summed E-state index contributed by atoms with van der Waals surface area (Å²) in [6.45, 7) is 0.403. The predicted molar refractivity (Wildman–Crippen MR) is 52.0 cm³/mol. The fourth-order valence-electron chi connectivity index (χ4n) is 4.32. The highest BCUT2D eigenvalue weighted by atomic mass is 16.3. The Bertz CT molecular complexity index is 171. The van der Waals surface area contributed by atoms with E-state index in [2.05, 4.69) is 0 Å². The molecule has 0 saturated heterocycles. The van der Waals surface area contributed by atoms with E-state index >= 15 is 0 Å². The van der Waals surface area contributed by atoms with Crippen LogP contribution in [0.3, 0.4) is 0 Å². The van der Waals surface area contributed by atoms with Crippen molar-refractivity contribution in [1.82, 2.24) is 0 Å². The lowest BCUT2D eigenvalue weighted by atomic mass is 9.51. The molecular weight excluding hydrogens is 160 g/mol. The lowest BCUT2D eigenvalue weighted by Gasteiger charge is -2.54. The minimum absolute atomic E-state index is 0.403. The zero-order valence-corrected chi connectivity index (χ0v) is 8.21. The number of aliphatic hydroxyl groups excluding tert-OH is 1. The standard InChI is InChI=1S/C12H19O/c13-2-1-12-10-4-8-3-9(6-10)7-11(12)5-8/h8-10,12-13H,1-7H2. The first-order valence-corrected chi connectivity index (χ1v) is 5.82. The van der Waals surface area contributed by atoms with Gasteiger partial charge in [0.2, 0.25) is 0 Å². The molecule has 0 spiro atoms. The van der Waals surface area contributed by atoms with Gasteiger partial charge in [-0.1, -0.05) is 0 Å². The van der Waals surface area contributed by atoms with Gasteiger partial charge >= 0.3 is 0 Å². The van der Waals surface area contributed by atoms with Crippen LogP contribution in [0.2, 0.25) is 0 Å². The summed E-state index contributed by atoms with van der Waals surface area (Å²) in [7, 11) is 0. The third kappa shape index (κ3) is 1.24. The molecule has 0 aliphatic heterocycles. The minimum atomic E-state index is 0.403. The third-order valence-corrected chi connectivity index (χ3v) is 4.57. The molecule has 13 heavy (non-hydrogen) atoms. The van der Waals surface area contributed by atoms with Crippen LogP contribution in [0.25, 0.3) is 0 Å². The van der Waals surface area contributed by atoms with Crippen LogP contribution in [0.1, 0.15) is 38.5 Å². The molecule has 1 nitrogen and oxygen atoms in total. The second-order valence-electron chi connectivity index (χ2n) is 5.38. The Balaban J connectivity index is 1.77. The molecule has 73 valence electrons. The van der Waals surface area contributed by atoms with Crippen molar-refractivity contribution >= 4 is 0 Å². The van der Waals surface area contributed by atoms with Gasteiger partial charge in [0.05, 0.1) is 0 Å². The first-order chi connectivity index (χ1) is 6.36. The van der Waals surface area contributed by atoms with Crippen LogP contribution in [0.4, 0.5) is 0 Å². The van der Waals surface area contributed by atoms with E-state index < -0.39 is 0 Å². The lowest BCUT2D eigenvalue weighted by molar-refractivity contribution is 0.0315. The Morgan fingerprint density at radius 3 is 2.31 bits per heavy atom. The van der Waals surface area contributed by atoms with E-state index in [1.165, 1.54) is 32.1 Å². The van der Waals surface area contributed by atoms with Crippen LogP contribution >= 0.6 is 0 Å². The fourth-order valence-corrected chi connectivity index (χ4v) is 4.32. The molecule has 4 aliphatic rings. The molecule has 4 saturated carbocycles. The number of rotatable bonds is 2. The fraction of sp³-hybridized carbons (Fsp3) is 0.917. The Labute approximate surface area is 80.5 Å². The molecule has 3 atom stereocenters. The van der Waals surface area contributed by atoms with Gasteiger partial charge in [0, 0.05) is 6.61 Å². The lowest BCUT2D eigenvalue weighted by Crippen LogP contribution is -2.44. The Morgan fingerprint density at radius 2 is 1.77 bits per heavy atom. The van der Waals surface area contributed by atoms with Gasteiger partial charge in [0.15, 0.2) is 0 Å². The average Bonchev–Trinajstić information content (AvgIpc) is 2.10. The maximum atomic E-state index is 9.04. The normalized spacial score (nSPS) is 48.7. The van der Waals surface area contributed by atoms with Crippen LogP contribution < -0.4 is 0 Å². The summed E-state index contributed by atoms with van der Waals surface area (Å²) in [6.07, 6.45) is 8.36. The summed E-state index contributed by atoms with van der Waals surface area (Å²) in [4.78, 5) is 0. The van der Waals surface area contributed by atoms with Crippen LogP contribution in [0.5, 0.6) is 0 Å². The summed E-state index contributed by atoms with van der Waals surface area (Å²) < 4.78 is 0. The minimum Gasteiger partial charge on any atom is -0.396 e. The molecule has 1 radical (unpaired) electrons. The number of aliphatic hydroxyl groups is 1. The maximum absolute atomic E-state index is 9.04. The van der Waals surface area contributed by atoms with Crippen LogP contribution in [0, 0.1) is 29.6 Å². The average molecular weight is 179 g/mol. The number of hydrogen-bond acceptors (Lipinski definition) is 1. The second kappa shape index (κ2) is 2.98. The maximum Gasteiger partial charge on any atom is 0.0433 e. The summed E-state index contributed by atoms with van der Waals surface area (Å²) in [5.74, 6) is 5.70. The topological polar surface area (TPSA) is 20.2 Å². The van der Waals surface area contributed by atoms with Gasteiger partial charge < -0.3 is 5.11 Å². The molecule has 1 heteroatoms. The van der Waals surface area contributed by atoms with Crippen molar-refractivity contribution in [3.05, 3.63) is 5.92 Å². The van der Waals surface area contributed by atoms with E-state index in [1.54, 1.807) is 0 Å². The highest BCUT2D eigenvalue weighted by Gasteiger charge is 2.47. The van der Waals surface area contributed by atoms with Crippen LogP contribution in [-0.2, 0) is 0 Å². The van der Waals surface area contributed by atoms with E-state index in [0.29, 0.717) is 6.61 Å². The second-order valence-corrected chi connectivity index (χ2v) is 5.38. The molecule has 3 unspecified atom stereocenters. The quantitative estimate of drug-likeness (QED) is 0.690. The molecule has 0 aromatic heterocycles. The van der Waals surface area contributed by atoms with E-state index in [9.17, 15) is 0 Å². The highest BCUT2D eigenvalue weighted by molar-refractivity contribution is 5.13. The molecule has 4 bridgehead atoms. The molecular formula is C12H19O. The zero-order valence-electron chi connectivity index (χ0n) is 8.21. The number of hydrogen-bond donors (Lipinski definition) is 1. The molecule has 0 aromatic carbocycles. The van der Waals surface area contributed by atoms with Crippen molar-refractivity contribution in [3.8, 4) is 0 Å². The van der Waals surface area contributed by atoms with Crippen molar-refractivity contribution in [2.45, 2.75) is 38.5 Å². The predicted octanol–water partition coefficient (Wildman–Crippen LogP) is 2.40. The molecule has 4 fully saturated rings. The van der Waals surface area contributed by atoms with E-state index in [4.69, 9.17) is 5.11 Å². The van der Waals surface area contributed by atoms with Gasteiger partial charge in [-0.05, 0) is 68.1 Å². The molecule has 4 rings (SSSR count). The third-order valence-electron chi connectivity index (χ3n) is 4.57. The molecule has 0 aromatic rings. The first-order valence-electron chi connectivity index (χ1n) is 5.82. The summed E-state index contributed by atoms with van der Waals surface area (Å²) in [6, 6.07) is 0. The van der Waals surface area contributed by atoms with Crippen molar-refractivity contribution in [1.29, 1.82) is 0 Å². The van der Waals surface area contributed by atoms with E-state index in [0.717, 1.165) is 30.1 Å². The highest BCUT2D eigenvalue weighted by Crippen LogP contribution is 2.58. The monoisotopic (exact) mass is 179 g/mol. The van der Waals surface area contributed by atoms with Crippen molar-refractivity contribution < 1.29 is 5.11 Å². The van der Waals surface area contributed by atoms with Crippen LogP contribution in [-0.4, -0.2) is 11.7 Å². The van der Waals surface area contributed by atoms with E-state index in [-0.39, 0.29) is 0 Å². The van der Waals surface area contributed by atoms with Crippen molar-refractivity contribution in [2.24, 2.45) is 23.7 Å². The molecule has 0 amide bonds. The van der Waals surface area contributed by atoms with Crippen LogP contribution in [0.15, 0.2) is 0 Å². The molecule has 1 N–H and O–H groups in total. The van der Waals surface area contributed by atoms with Gasteiger partial charge in [0.25, 0.3) is 0 Å². The Kier molecular flexibility index (Phi) is 1.90. The van der Waals surface area contributed by atoms with Crippen molar-refractivity contribution in [2.75, 3.05) is 6.61 Å². The first kappa shape index (κ1) is 8.28. The van der Waals surface area contributed by atoms with Gasteiger partial charge in [-0.3, -0.25) is 0 Å². The summed E-state index contributed by atoms with van der Waals surface area (Å²) in [5.41, 5.74) is 0. The van der Waals surface area contributed by atoms with Gasteiger partial charge in [-0.2, -0.15) is 0 Å². The Morgan fingerprint density at radius 1 is 1.08 bits per heavy atom.